The van der Waals surface area contributed by atoms with Crippen molar-refractivity contribution in [3.8, 4) is 11.5 Å². The number of carbonyl (C=O) groups excluding carboxylic acids is 2. The molecule has 1 heterocycles. The van der Waals surface area contributed by atoms with E-state index in [4.69, 9.17) is 18.6 Å². The molecule has 0 unspecified atom stereocenters. The van der Waals surface area contributed by atoms with Gasteiger partial charge in [0.25, 0.3) is 5.91 Å². The first-order valence-electron chi connectivity index (χ1n) is 12.4. The van der Waals surface area contributed by atoms with Crippen molar-refractivity contribution in [2.24, 2.45) is 0 Å². The van der Waals surface area contributed by atoms with Gasteiger partial charge >= 0.3 is 0 Å². The molecule has 37 heavy (non-hydrogen) atoms. The van der Waals surface area contributed by atoms with Gasteiger partial charge in [-0.05, 0) is 50.1 Å². The van der Waals surface area contributed by atoms with Crippen LogP contribution in [0.4, 0.5) is 0 Å². The molecule has 3 rings (SSSR count). The van der Waals surface area contributed by atoms with E-state index in [1.807, 2.05) is 56.3 Å². The fraction of sp³-hybridized carbons (Fsp3) is 0.379. The topological polar surface area (TPSA) is 81.5 Å². The van der Waals surface area contributed by atoms with Crippen LogP contribution in [0.3, 0.4) is 0 Å². The molecule has 3 aromatic rings. The van der Waals surface area contributed by atoms with Crippen LogP contribution in [-0.4, -0.2) is 62.1 Å². The molecule has 1 aromatic heterocycles. The minimum absolute atomic E-state index is 0.0906. The summed E-state index contributed by atoms with van der Waals surface area (Å²) in [7, 11) is 3.06. The largest absolute Gasteiger partial charge is 0.497 e. The van der Waals surface area contributed by atoms with Gasteiger partial charge in [-0.1, -0.05) is 30.3 Å². The smallest absolute Gasteiger partial charge is 0.258 e. The van der Waals surface area contributed by atoms with Gasteiger partial charge in [0.05, 0.1) is 26.3 Å². The van der Waals surface area contributed by atoms with Crippen LogP contribution in [0.25, 0.3) is 0 Å². The molecule has 8 heteroatoms. The first-order valence-corrected chi connectivity index (χ1v) is 12.4. The van der Waals surface area contributed by atoms with Gasteiger partial charge in [-0.25, -0.2) is 0 Å². The lowest BCUT2D eigenvalue weighted by Gasteiger charge is -2.28. The third-order valence-electron chi connectivity index (χ3n) is 5.88. The van der Waals surface area contributed by atoms with E-state index in [1.54, 1.807) is 35.1 Å². The number of hydrogen-bond acceptors (Lipinski definition) is 6. The lowest BCUT2D eigenvalue weighted by atomic mass is 10.1. The number of hydrogen-bond donors (Lipinski definition) is 0. The summed E-state index contributed by atoms with van der Waals surface area (Å²) >= 11 is 0. The molecule has 0 saturated heterocycles. The van der Waals surface area contributed by atoms with Crippen molar-refractivity contribution in [3.05, 3.63) is 83.3 Å². The predicted octanol–water partition coefficient (Wildman–Crippen LogP) is 4.70. The summed E-state index contributed by atoms with van der Waals surface area (Å²) in [6.45, 7) is 5.84. The number of ether oxygens (including phenoxy) is 3. The fourth-order valence-corrected chi connectivity index (χ4v) is 3.96. The lowest BCUT2D eigenvalue weighted by molar-refractivity contribution is -0.133. The molecule has 0 radical (unpaired) electrons. The second kappa shape index (κ2) is 14.1. The summed E-state index contributed by atoms with van der Waals surface area (Å²) in [4.78, 5) is 30.6. The molecule has 0 fully saturated rings. The monoisotopic (exact) mass is 508 g/mol. The van der Waals surface area contributed by atoms with Crippen LogP contribution in [0.1, 0.15) is 40.8 Å². The van der Waals surface area contributed by atoms with Crippen LogP contribution in [0.5, 0.6) is 11.5 Å². The van der Waals surface area contributed by atoms with Crippen molar-refractivity contribution >= 4 is 11.8 Å². The molecule has 8 nitrogen and oxygen atoms in total. The summed E-state index contributed by atoms with van der Waals surface area (Å²) < 4.78 is 21.9. The Morgan fingerprint density at radius 3 is 2.35 bits per heavy atom. The predicted molar refractivity (Wildman–Crippen MR) is 141 cm³/mol. The van der Waals surface area contributed by atoms with Gasteiger partial charge in [0.2, 0.25) is 5.91 Å². The molecule has 0 aliphatic rings. The van der Waals surface area contributed by atoms with Crippen molar-refractivity contribution in [1.29, 1.82) is 0 Å². The summed E-state index contributed by atoms with van der Waals surface area (Å²) in [5, 5.41) is 0. The number of aryl methyl sites for hydroxylation is 1. The van der Waals surface area contributed by atoms with Crippen LogP contribution in [0, 0.1) is 6.92 Å². The highest BCUT2D eigenvalue weighted by atomic mass is 16.5. The zero-order valence-corrected chi connectivity index (χ0v) is 22.1. The van der Waals surface area contributed by atoms with E-state index in [9.17, 15) is 9.59 Å². The van der Waals surface area contributed by atoms with E-state index < -0.39 is 0 Å². The van der Waals surface area contributed by atoms with E-state index in [2.05, 4.69) is 0 Å². The lowest BCUT2D eigenvalue weighted by Crippen LogP contribution is -2.43. The van der Waals surface area contributed by atoms with Crippen molar-refractivity contribution in [2.45, 2.75) is 33.4 Å². The molecule has 0 spiro atoms. The number of benzene rings is 2. The van der Waals surface area contributed by atoms with E-state index >= 15 is 0 Å². The highest BCUT2D eigenvalue weighted by Crippen LogP contribution is 2.26. The molecule has 0 aliphatic carbocycles. The summed E-state index contributed by atoms with van der Waals surface area (Å²) in [6, 6.07) is 18.5. The maximum atomic E-state index is 13.7. The molecule has 0 bridgehead atoms. The number of nitrogens with zero attached hydrogens (tertiary/aromatic N) is 2. The van der Waals surface area contributed by atoms with Gasteiger partial charge in [0.15, 0.2) is 0 Å². The third kappa shape index (κ3) is 8.11. The second-order valence-corrected chi connectivity index (χ2v) is 8.59. The van der Waals surface area contributed by atoms with E-state index in [0.717, 1.165) is 11.3 Å². The Kier molecular flexibility index (Phi) is 10.6. The first kappa shape index (κ1) is 27.8. The summed E-state index contributed by atoms with van der Waals surface area (Å²) in [5.41, 5.74) is 1.36. The summed E-state index contributed by atoms with van der Waals surface area (Å²) in [6.07, 6.45) is 0.599. The highest BCUT2D eigenvalue weighted by Gasteiger charge is 2.25. The molecule has 0 saturated carbocycles. The Balaban J connectivity index is 1.84. The SMILES string of the molecule is CCOCCCN(CC(=O)N(Cc1ccccc1)Cc1ccc(C)o1)C(=O)c1ccc(OC)cc1OC. The first-order chi connectivity index (χ1) is 17.9. The number of carbonyl (C=O) groups is 2. The van der Waals surface area contributed by atoms with Crippen molar-refractivity contribution in [3.63, 3.8) is 0 Å². The minimum Gasteiger partial charge on any atom is -0.497 e. The minimum atomic E-state index is -0.294. The average Bonchev–Trinajstić information content (AvgIpc) is 3.34. The molecule has 198 valence electrons. The Bertz CT molecular complexity index is 1140. The number of methoxy groups -OCH3 is 2. The van der Waals surface area contributed by atoms with Gasteiger partial charge < -0.3 is 28.4 Å². The third-order valence-corrected chi connectivity index (χ3v) is 5.88. The van der Waals surface area contributed by atoms with E-state index in [1.165, 1.54) is 7.11 Å². The Morgan fingerprint density at radius 1 is 0.919 bits per heavy atom. The van der Waals surface area contributed by atoms with E-state index in [0.29, 0.717) is 62.1 Å². The Morgan fingerprint density at radius 2 is 1.70 bits per heavy atom. The standard InChI is InChI=1S/C29H36N2O6/c1-5-36-17-9-16-30(29(33)26-15-14-24(34-3)18-27(26)35-4)21-28(32)31(19-23-10-7-6-8-11-23)20-25-13-12-22(2)37-25/h6-8,10-15,18H,5,9,16-17,19-21H2,1-4H3. The van der Waals surface area contributed by atoms with E-state index in [-0.39, 0.29) is 18.4 Å². The van der Waals surface area contributed by atoms with Gasteiger partial charge in [-0.2, -0.15) is 0 Å². The maximum Gasteiger partial charge on any atom is 0.258 e. The molecule has 0 N–H and O–H groups in total. The van der Waals surface area contributed by atoms with Gasteiger partial charge in [0.1, 0.15) is 29.6 Å². The van der Waals surface area contributed by atoms with Gasteiger partial charge in [0, 0.05) is 32.4 Å². The quantitative estimate of drug-likeness (QED) is 0.294. The zero-order valence-electron chi connectivity index (χ0n) is 22.1. The fourth-order valence-electron chi connectivity index (χ4n) is 3.96. The highest BCUT2D eigenvalue weighted by molar-refractivity contribution is 5.99. The molecular weight excluding hydrogens is 472 g/mol. The average molecular weight is 509 g/mol. The van der Waals surface area contributed by atoms with Crippen LogP contribution < -0.4 is 9.47 Å². The molecule has 2 amide bonds. The zero-order chi connectivity index (χ0) is 26.6. The Hall–Kier alpha value is -3.78. The molecular formula is C29H36N2O6. The Labute approximate surface area is 218 Å². The summed E-state index contributed by atoms with van der Waals surface area (Å²) in [5.74, 6) is 1.95. The van der Waals surface area contributed by atoms with Gasteiger partial charge in [-0.3, -0.25) is 9.59 Å². The molecule has 0 atom stereocenters. The van der Waals surface area contributed by atoms with Crippen molar-refractivity contribution in [1.82, 2.24) is 9.80 Å². The molecule has 2 aromatic carbocycles. The number of rotatable bonds is 14. The van der Waals surface area contributed by atoms with Crippen LogP contribution in [-0.2, 0) is 22.6 Å². The number of furan rings is 1. The number of amides is 2. The van der Waals surface area contributed by atoms with Gasteiger partial charge in [-0.15, -0.1) is 0 Å². The van der Waals surface area contributed by atoms with Crippen molar-refractivity contribution < 1.29 is 28.2 Å². The maximum absolute atomic E-state index is 13.7. The van der Waals surface area contributed by atoms with Crippen molar-refractivity contribution in [2.75, 3.05) is 40.5 Å². The normalized spacial score (nSPS) is 10.7. The second-order valence-electron chi connectivity index (χ2n) is 8.59. The molecule has 0 aliphatic heterocycles. The van der Waals surface area contributed by atoms with Crippen LogP contribution in [0.15, 0.2) is 65.1 Å². The van der Waals surface area contributed by atoms with Crippen LogP contribution in [0.2, 0.25) is 0 Å². The van der Waals surface area contributed by atoms with Crippen LogP contribution >= 0.6 is 0 Å².